The Morgan fingerprint density at radius 2 is 2.15 bits per heavy atom. The van der Waals surface area contributed by atoms with Crippen molar-refractivity contribution in [2.24, 2.45) is 0 Å². The van der Waals surface area contributed by atoms with E-state index in [2.05, 4.69) is 25.8 Å². The highest BCUT2D eigenvalue weighted by Gasteiger charge is 2.24. The minimum Gasteiger partial charge on any atom is -0.300 e. The summed E-state index contributed by atoms with van der Waals surface area (Å²) in [5.74, 6) is -0.238. The molecule has 0 aliphatic carbocycles. The van der Waals surface area contributed by atoms with E-state index in [1.54, 1.807) is 11.6 Å². The van der Waals surface area contributed by atoms with Crippen molar-refractivity contribution in [1.29, 1.82) is 0 Å². The number of rotatable bonds is 4. The van der Waals surface area contributed by atoms with Gasteiger partial charge in [-0.15, -0.1) is 16.4 Å². The zero-order valence-corrected chi connectivity index (χ0v) is 11.1. The summed E-state index contributed by atoms with van der Waals surface area (Å²) < 4.78 is 1.41. The smallest absolute Gasteiger partial charge is 0.255 e. The molecule has 3 aromatic rings. The second kappa shape index (κ2) is 5.57. The Morgan fingerprint density at radius 1 is 1.30 bits per heavy atom. The largest absolute Gasteiger partial charge is 0.300 e. The second-order valence-corrected chi connectivity index (χ2v) is 4.82. The van der Waals surface area contributed by atoms with Gasteiger partial charge in [0.25, 0.3) is 5.91 Å². The number of anilines is 1. The van der Waals surface area contributed by atoms with Gasteiger partial charge < -0.3 is 0 Å². The topological polar surface area (TPSA) is 85.6 Å². The Hall–Kier alpha value is -2.61. The van der Waals surface area contributed by atoms with E-state index >= 15 is 0 Å². The summed E-state index contributed by atoms with van der Waals surface area (Å²) in [6.45, 7) is 0. The molecule has 0 saturated heterocycles. The lowest BCUT2D eigenvalue weighted by Crippen LogP contribution is -2.27. The number of nitrogens with one attached hydrogen (secondary N) is 1. The molecule has 0 saturated carbocycles. The lowest BCUT2D eigenvalue weighted by Gasteiger charge is -2.15. The number of thiazole rings is 1. The summed E-state index contributed by atoms with van der Waals surface area (Å²) >= 11 is 1.36. The molecule has 3 rings (SSSR count). The first-order valence-corrected chi connectivity index (χ1v) is 6.70. The van der Waals surface area contributed by atoms with Gasteiger partial charge in [0, 0.05) is 11.6 Å². The number of aromatic nitrogens is 5. The van der Waals surface area contributed by atoms with Gasteiger partial charge in [0.15, 0.2) is 11.2 Å². The molecule has 0 radical (unpaired) electrons. The minimum absolute atomic E-state index is 0.238. The van der Waals surface area contributed by atoms with E-state index in [9.17, 15) is 4.79 Å². The van der Waals surface area contributed by atoms with Crippen LogP contribution in [0.4, 0.5) is 5.13 Å². The van der Waals surface area contributed by atoms with Crippen molar-refractivity contribution < 1.29 is 4.79 Å². The number of carbonyl (C=O) groups is 1. The first kappa shape index (κ1) is 12.4. The molecular weight excluding hydrogens is 276 g/mol. The molecule has 0 bridgehead atoms. The van der Waals surface area contributed by atoms with Crippen LogP contribution in [0.5, 0.6) is 0 Å². The van der Waals surface area contributed by atoms with Crippen molar-refractivity contribution in [2.75, 3.05) is 5.32 Å². The molecule has 1 aromatic carbocycles. The lowest BCUT2D eigenvalue weighted by atomic mass is 10.1. The van der Waals surface area contributed by atoms with Crippen molar-refractivity contribution in [3.05, 3.63) is 53.8 Å². The molecule has 0 aliphatic heterocycles. The van der Waals surface area contributed by atoms with Crippen molar-refractivity contribution in [2.45, 2.75) is 6.04 Å². The maximum atomic E-state index is 12.4. The van der Waals surface area contributed by atoms with Crippen LogP contribution in [0.15, 0.2) is 48.2 Å². The van der Waals surface area contributed by atoms with Gasteiger partial charge in [-0.05, 0) is 16.0 Å². The maximum absolute atomic E-state index is 12.4. The average Bonchev–Trinajstić information content (AvgIpc) is 3.14. The summed E-state index contributed by atoms with van der Waals surface area (Å²) in [4.78, 5) is 16.5. The number of hydrogen-bond acceptors (Lipinski definition) is 6. The van der Waals surface area contributed by atoms with Gasteiger partial charge in [-0.25, -0.2) is 9.67 Å². The molecule has 20 heavy (non-hydrogen) atoms. The molecule has 8 heteroatoms. The summed E-state index contributed by atoms with van der Waals surface area (Å²) in [6, 6.07) is 8.70. The van der Waals surface area contributed by atoms with Gasteiger partial charge in [0.1, 0.15) is 6.33 Å². The van der Waals surface area contributed by atoms with Gasteiger partial charge in [-0.3, -0.25) is 10.1 Å². The van der Waals surface area contributed by atoms with Crippen LogP contribution >= 0.6 is 11.3 Å². The van der Waals surface area contributed by atoms with Crippen molar-refractivity contribution in [3.63, 3.8) is 0 Å². The lowest BCUT2D eigenvalue weighted by molar-refractivity contribution is -0.118. The number of nitrogens with zero attached hydrogens (tertiary/aromatic N) is 5. The maximum Gasteiger partial charge on any atom is 0.255 e. The van der Waals surface area contributed by atoms with Crippen molar-refractivity contribution >= 4 is 22.4 Å². The highest BCUT2D eigenvalue weighted by molar-refractivity contribution is 7.13. The van der Waals surface area contributed by atoms with Crippen LogP contribution in [-0.2, 0) is 4.79 Å². The third-order valence-corrected chi connectivity index (χ3v) is 3.34. The first-order chi connectivity index (χ1) is 9.84. The molecule has 0 aliphatic rings. The average molecular weight is 286 g/mol. The molecule has 7 nitrogen and oxygen atoms in total. The SMILES string of the molecule is O=C(Nc1nccs1)[C@H](c1ccccc1)n1cnnn1. The quantitative estimate of drug-likeness (QED) is 0.782. The molecular formula is C12H10N6OS. The number of tetrazole rings is 1. The molecule has 1 atom stereocenters. The Morgan fingerprint density at radius 3 is 2.80 bits per heavy atom. The van der Waals surface area contributed by atoms with E-state index in [4.69, 9.17) is 0 Å². The van der Waals surface area contributed by atoms with E-state index in [0.717, 1.165) is 5.56 Å². The number of amides is 1. The molecule has 0 unspecified atom stereocenters. The predicted molar refractivity (Wildman–Crippen MR) is 73.1 cm³/mol. The zero-order valence-electron chi connectivity index (χ0n) is 10.2. The van der Waals surface area contributed by atoms with Crippen LogP contribution in [0.1, 0.15) is 11.6 Å². The third-order valence-electron chi connectivity index (χ3n) is 2.66. The van der Waals surface area contributed by atoms with Crippen LogP contribution in [0.25, 0.3) is 0 Å². The monoisotopic (exact) mass is 286 g/mol. The highest BCUT2D eigenvalue weighted by Crippen LogP contribution is 2.20. The van der Waals surface area contributed by atoms with Crippen molar-refractivity contribution in [1.82, 2.24) is 25.2 Å². The van der Waals surface area contributed by atoms with Crippen LogP contribution in [0, 0.1) is 0 Å². The van der Waals surface area contributed by atoms with Gasteiger partial charge >= 0.3 is 0 Å². The number of benzene rings is 1. The van der Waals surface area contributed by atoms with E-state index in [0.29, 0.717) is 5.13 Å². The van der Waals surface area contributed by atoms with E-state index < -0.39 is 6.04 Å². The van der Waals surface area contributed by atoms with Crippen LogP contribution in [-0.4, -0.2) is 31.1 Å². The van der Waals surface area contributed by atoms with Crippen LogP contribution < -0.4 is 5.32 Å². The molecule has 2 heterocycles. The fourth-order valence-electron chi connectivity index (χ4n) is 1.81. The summed E-state index contributed by atoms with van der Waals surface area (Å²) in [7, 11) is 0. The molecule has 0 spiro atoms. The minimum atomic E-state index is -0.630. The van der Waals surface area contributed by atoms with E-state index in [1.165, 1.54) is 22.3 Å². The van der Waals surface area contributed by atoms with Crippen molar-refractivity contribution in [3.8, 4) is 0 Å². The van der Waals surface area contributed by atoms with Crippen LogP contribution in [0.3, 0.4) is 0 Å². The number of carbonyl (C=O) groups excluding carboxylic acids is 1. The molecule has 2 aromatic heterocycles. The normalized spacial score (nSPS) is 12.0. The van der Waals surface area contributed by atoms with Gasteiger partial charge in [0.2, 0.25) is 0 Å². The standard InChI is InChI=1S/C12H10N6OS/c19-11(15-12-13-6-7-20-12)10(18-8-14-16-17-18)9-4-2-1-3-5-9/h1-8,10H,(H,13,15,19)/t10-/m0/s1. The molecule has 1 N–H and O–H groups in total. The first-order valence-electron chi connectivity index (χ1n) is 5.82. The van der Waals surface area contributed by atoms with E-state index in [-0.39, 0.29) is 5.91 Å². The number of hydrogen-bond donors (Lipinski definition) is 1. The fraction of sp³-hybridized carbons (Fsp3) is 0.0833. The van der Waals surface area contributed by atoms with Gasteiger partial charge in [-0.2, -0.15) is 0 Å². The highest BCUT2D eigenvalue weighted by atomic mass is 32.1. The zero-order chi connectivity index (χ0) is 13.8. The van der Waals surface area contributed by atoms with Gasteiger partial charge in [0.05, 0.1) is 0 Å². The van der Waals surface area contributed by atoms with Gasteiger partial charge in [-0.1, -0.05) is 30.3 Å². The van der Waals surface area contributed by atoms with Crippen LogP contribution in [0.2, 0.25) is 0 Å². The Kier molecular flexibility index (Phi) is 3.46. The summed E-state index contributed by atoms with van der Waals surface area (Å²) in [6.07, 6.45) is 3.05. The summed E-state index contributed by atoms with van der Waals surface area (Å²) in [5, 5.41) is 16.1. The van der Waals surface area contributed by atoms with E-state index in [1.807, 2.05) is 30.3 Å². The predicted octanol–water partition coefficient (Wildman–Crippen LogP) is 1.36. The third kappa shape index (κ3) is 2.54. The Labute approximate surface area is 118 Å². The Bertz CT molecular complexity index is 667. The summed E-state index contributed by atoms with van der Waals surface area (Å²) in [5.41, 5.74) is 0.800. The molecule has 1 amide bonds. The Balaban J connectivity index is 1.92. The molecule has 100 valence electrons. The fourth-order valence-corrected chi connectivity index (χ4v) is 2.34. The molecule has 0 fully saturated rings. The second-order valence-electron chi connectivity index (χ2n) is 3.93.